The first-order valence-electron chi connectivity index (χ1n) is 6.44. The summed E-state index contributed by atoms with van der Waals surface area (Å²) >= 11 is 12.0. The van der Waals surface area contributed by atoms with Crippen molar-refractivity contribution in [3.05, 3.63) is 63.4 Å². The van der Waals surface area contributed by atoms with E-state index in [0.717, 1.165) is 0 Å². The molecule has 1 aliphatic rings. The van der Waals surface area contributed by atoms with Crippen LogP contribution in [0, 0.1) is 0 Å². The van der Waals surface area contributed by atoms with E-state index >= 15 is 0 Å². The molecule has 108 valence electrons. The number of aliphatic hydroxyl groups is 1. The second kappa shape index (κ2) is 5.64. The molecule has 0 bridgehead atoms. The zero-order chi connectivity index (χ0) is 15.0. The van der Waals surface area contributed by atoms with Gasteiger partial charge in [0.25, 0.3) is 5.91 Å². The van der Waals surface area contributed by atoms with E-state index in [0.29, 0.717) is 28.4 Å². The number of carbonyl (C=O) groups excluding carboxylic acids is 1. The molecule has 1 aromatic heterocycles. The number of nitrogens with zero attached hydrogens (tertiary/aromatic N) is 1. The highest BCUT2D eigenvalue weighted by molar-refractivity contribution is 6.42. The Kier molecular flexibility index (Phi) is 3.85. The summed E-state index contributed by atoms with van der Waals surface area (Å²) in [6.07, 6.45) is 0.772. The summed E-state index contributed by atoms with van der Waals surface area (Å²) in [5.41, 5.74) is 1.52. The van der Waals surface area contributed by atoms with Crippen LogP contribution in [0.25, 0.3) is 0 Å². The number of aromatic nitrogens is 1. The lowest BCUT2D eigenvalue weighted by molar-refractivity contribution is 0.0952. The van der Waals surface area contributed by atoms with E-state index in [-0.39, 0.29) is 16.8 Å². The molecular formula is C15H12Cl2N2O2. The van der Waals surface area contributed by atoms with Gasteiger partial charge in [0.15, 0.2) is 0 Å². The predicted octanol–water partition coefficient (Wildman–Crippen LogP) is 2.95. The Bertz CT molecular complexity index is 692. The van der Waals surface area contributed by atoms with Gasteiger partial charge in [-0.3, -0.25) is 9.78 Å². The van der Waals surface area contributed by atoms with Crippen molar-refractivity contribution in [3.63, 3.8) is 0 Å². The number of amides is 1. The van der Waals surface area contributed by atoms with Gasteiger partial charge in [0.2, 0.25) is 0 Å². The summed E-state index contributed by atoms with van der Waals surface area (Å²) in [6, 6.07) is 8.50. The largest absolute Gasteiger partial charge is 0.388 e. The maximum Gasteiger partial charge on any atom is 0.251 e. The van der Waals surface area contributed by atoms with Gasteiger partial charge < -0.3 is 10.4 Å². The molecule has 6 heteroatoms. The number of rotatable bonds is 1. The number of benzene rings is 1. The van der Waals surface area contributed by atoms with Gasteiger partial charge in [-0.2, -0.15) is 0 Å². The van der Waals surface area contributed by atoms with Crippen molar-refractivity contribution in [3.8, 4) is 0 Å². The number of fused-ring (bicyclic) bond motifs is 1. The van der Waals surface area contributed by atoms with E-state index in [9.17, 15) is 9.90 Å². The van der Waals surface area contributed by atoms with Crippen LogP contribution in [-0.2, 0) is 0 Å². The van der Waals surface area contributed by atoms with Crippen LogP contribution in [0.15, 0.2) is 36.5 Å². The zero-order valence-electron chi connectivity index (χ0n) is 10.9. The maximum absolute atomic E-state index is 12.1. The first-order valence-corrected chi connectivity index (χ1v) is 7.19. The quantitative estimate of drug-likeness (QED) is 0.848. The summed E-state index contributed by atoms with van der Waals surface area (Å²) in [5, 5.41) is 14.0. The Balaban J connectivity index is 2.10. The number of halogens is 2. The molecule has 1 amide bonds. The fraction of sp³-hybridized carbons (Fsp3) is 0.200. The number of nitrogens with one attached hydrogen (secondary N) is 1. The number of hydrogen-bond donors (Lipinski definition) is 2. The van der Waals surface area contributed by atoms with Gasteiger partial charge in [0, 0.05) is 29.9 Å². The minimum atomic E-state index is -0.886. The van der Waals surface area contributed by atoms with Crippen LogP contribution in [-0.4, -0.2) is 22.5 Å². The van der Waals surface area contributed by atoms with Crippen LogP contribution in [0.1, 0.15) is 33.6 Å². The molecule has 2 atom stereocenters. The van der Waals surface area contributed by atoms with E-state index < -0.39 is 6.10 Å². The van der Waals surface area contributed by atoms with Gasteiger partial charge >= 0.3 is 0 Å². The van der Waals surface area contributed by atoms with Crippen LogP contribution in [0.4, 0.5) is 0 Å². The Morgan fingerprint density at radius 2 is 2.00 bits per heavy atom. The third-order valence-electron chi connectivity index (χ3n) is 3.59. The topological polar surface area (TPSA) is 62.2 Å². The zero-order valence-corrected chi connectivity index (χ0v) is 12.4. The van der Waals surface area contributed by atoms with E-state index in [2.05, 4.69) is 10.3 Å². The molecule has 0 fully saturated rings. The number of aliphatic hydroxyl groups excluding tert-OH is 1. The molecular weight excluding hydrogens is 311 g/mol. The molecule has 0 spiro atoms. The summed E-state index contributed by atoms with van der Waals surface area (Å²) in [4.78, 5) is 16.4. The molecule has 0 saturated carbocycles. The first kappa shape index (κ1) is 14.3. The second-order valence-corrected chi connectivity index (χ2v) is 5.68. The van der Waals surface area contributed by atoms with Crippen LogP contribution < -0.4 is 5.32 Å². The molecule has 3 rings (SSSR count). The van der Waals surface area contributed by atoms with E-state index in [1.807, 2.05) is 12.1 Å². The van der Waals surface area contributed by atoms with Crippen LogP contribution in [0.3, 0.4) is 0 Å². The summed E-state index contributed by atoms with van der Waals surface area (Å²) < 4.78 is 0. The number of hydrogen-bond acceptors (Lipinski definition) is 3. The molecule has 2 heterocycles. The van der Waals surface area contributed by atoms with E-state index in [4.69, 9.17) is 23.2 Å². The molecule has 4 nitrogen and oxygen atoms in total. The molecule has 0 saturated heterocycles. The average molecular weight is 323 g/mol. The second-order valence-electron chi connectivity index (χ2n) is 4.87. The highest BCUT2D eigenvalue weighted by atomic mass is 35.5. The number of pyridine rings is 1. The summed E-state index contributed by atoms with van der Waals surface area (Å²) in [7, 11) is 0. The standard InChI is InChI=1S/C15H12Cl2N2O2/c16-11-5-8-9(6-12(11)17)15(21)19-7-10(14(8)20)13-3-1-2-4-18-13/h1-6,10,14,20H,7H2,(H,19,21)/t10-,14-/m0/s1. The fourth-order valence-electron chi connectivity index (χ4n) is 2.49. The highest BCUT2D eigenvalue weighted by Gasteiger charge is 2.32. The Morgan fingerprint density at radius 1 is 1.24 bits per heavy atom. The van der Waals surface area contributed by atoms with Gasteiger partial charge in [-0.25, -0.2) is 0 Å². The van der Waals surface area contributed by atoms with Crippen LogP contribution in [0.5, 0.6) is 0 Å². The van der Waals surface area contributed by atoms with Crippen molar-refractivity contribution in [2.45, 2.75) is 12.0 Å². The van der Waals surface area contributed by atoms with Crippen molar-refractivity contribution in [1.29, 1.82) is 0 Å². The third-order valence-corrected chi connectivity index (χ3v) is 4.31. The minimum absolute atomic E-state index is 0.277. The van der Waals surface area contributed by atoms with Crippen molar-refractivity contribution >= 4 is 29.1 Å². The van der Waals surface area contributed by atoms with Crippen molar-refractivity contribution in [1.82, 2.24) is 10.3 Å². The van der Waals surface area contributed by atoms with Gasteiger partial charge in [-0.1, -0.05) is 29.3 Å². The molecule has 21 heavy (non-hydrogen) atoms. The minimum Gasteiger partial charge on any atom is -0.388 e. The van der Waals surface area contributed by atoms with Crippen LogP contribution in [0.2, 0.25) is 10.0 Å². The predicted molar refractivity (Wildman–Crippen MR) is 80.7 cm³/mol. The highest BCUT2D eigenvalue weighted by Crippen LogP contribution is 2.37. The lowest BCUT2D eigenvalue weighted by Crippen LogP contribution is -2.27. The molecule has 0 radical (unpaired) electrons. The van der Waals surface area contributed by atoms with Gasteiger partial charge in [0.05, 0.1) is 16.1 Å². The SMILES string of the molecule is O=C1NC[C@@H](c2ccccn2)[C@@H](O)c2cc(Cl)c(Cl)cc21. The molecule has 0 unspecified atom stereocenters. The van der Waals surface area contributed by atoms with Gasteiger partial charge in [0.1, 0.15) is 0 Å². The van der Waals surface area contributed by atoms with Crippen molar-refractivity contribution in [2.24, 2.45) is 0 Å². The molecule has 2 N–H and O–H groups in total. The third kappa shape index (κ3) is 2.62. The number of carbonyl (C=O) groups is 1. The fourth-order valence-corrected chi connectivity index (χ4v) is 2.83. The molecule has 1 aromatic carbocycles. The Hall–Kier alpha value is -1.62. The molecule has 0 aliphatic carbocycles. The van der Waals surface area contributed by atoms with Crippen LogP contribution >= 0.6 is 23.2 Å². The lowest BCUT2D eigenvalue weighted by Gasteiger charge is -2.21. The lowest BCUT2D eigenvalue weighted by atomic mass is 9.91. The Morgan fingerprint density at radius 3 is 2.71 bits per heavy atom. The smallest absolute Gasteiger partial charge is 0.251 e. The first-order chi connectivity index (χ1) is 10.1. The van der Waals surface area contributed by atoms with Gasteiger partial charge in [-0.15, -0.1) is 0 Å². The Labute approximate surface area is 131 Å². The molecule has 1 aliphatic heterocycles. The maximum atomic E-state index is 12.1. The molecule has 2 aromatic rings. The summed E-state index contributed by atoms with van der Waals surface area (Å²) in [6.45, 7) is 0.293. The monoisotopic (exact) mass is 322 g/mol. The normalized spacial score (nSPS) is 21.4. The van der Waals surface area contributed by atoms with Gasteiger partial charge in [-0.05, 0) is 29.8 Å². The van der Waals surface area contributed by atoms with E-state index in [1.54, 1.807) is 18.3 Å². The van der Waals surface area contributed by atoms with Crippen molar-refractivity contribution in [2.75, 3.05) is 6.54 Å². The van der Waals surface area contributed by atoms with E-state index in [1.165, 1.54) is 6.07 Å². The summed E-state index contributed by atoms with van der Waals surface area (Å²) in [5.74, 6) is -0.616. The average Bonchev–Trinajstić information content (AvgIpc) is 2.60. The van der Waals surface area contributed by atoms with Crippen molar-refractivity contribution < 1.29 is 9.90 Å².